The van der Waals surface area contributed by atoms with Crippen LogP contribution in [0.25, 0.3) is 0 Å². The molecule has 0 aliphatic carbocycles. The first kappa shape index (κ1) is 31.1. The van der Waals surface area contributed by atoms with Crippen molar-refractivity contribution in [3.8, 4) is 0 Å². The number of likely N-dealkylation sites (N-methyl/N-ethyl adjacent to an activating group) is 1. The number of carbonyl (C=O) groups is 3. The number of aliphatic carboxylic acids is 2. The van der Waals surface area contributed by atoms with Gasteiger partial charge in [-0.3, -0.25) is 9.69 Å². The molecule has 0 radical (unpaired) electrons. The lowest BCUT2D eigenvalue weighted by Gasteiger charge is -2.50. The van der Waals surface area contributed by atoms with Crippen molar-refractivity contribution in [3.05, 3.63) is 40.1 Å². The van der Waals surface area contributed by atoms with Gasteiger partial charge in [-0.25, -0.2) is 14.6 Å². The predicted octanol–water partition coefficient (Wildman–Crippen LogP) is 3.99. The van der Waals surface area contributed by atoms with Crippen LogP contribution in [0.15, 0.2) is 23.7 Å². The molecule has 0 saturated carbocycles. The summed E-state index contributed by atoms with van der Waals surface area (Å²) in [6.45, 7) is 9.11. The largest absolute Gasteiger partial charge is 0.490 e. The minimum atomic E-state index is -5.08. The summed E-state index contributed by atoms with van der Waals surface area (Å²) in [7, 11) is 0. The van der Waals surface area contributed by atoms with E-state index in [1.807, 2.05) is 28.6 Å². The number of carbonyl (C=O) groups excluding carboxylic acids is 1. The molecule has 212 valence electrons. The molecule has 1 spiro atoms. The van der Waals surface area contributed by atoms with Crippen molar-refractivity contribution in [1.29, 1.82) is 0 Å². The fraction of sp³-hybridized carbons (Fsp3) is 0.545. The van der Waals surface area contributed by atoms with Crippen LogP contribution in [0.2, 0.25) is 0 Å². The first-order chi connectivity index (χ1) is 17.5. The van der Waals surface area contributed by atoms with Crippen molar-refractivity contribution in [2.24, 2.45) is 0 Å². The van der Waals surface area contributed by atoms with Crippen molar-refractivity contribution < 1.29 is 50.9 Å². The number of aryl methyl sites for hydroxylation is 1. The van der Waals surface area contributed by atoms with E-state index in [2.05, 4.69) is 23.3 Å². The van der Waals surface area contributed by atoms with Crippen molar-refractivity contribution in [3.63, 3.8) is 0 Å². The summed E-state index contributed by atoms with van der Waals surface area (Å²) in [5.41, 5.74) is 1.24. The van der Waals surface area contributed by atoms with E-state index < -0.39 is 24.3 Å². The van der Waals surface area contributed by atoms with Crippen LogP contribution in [0, 0.1) is 6.92 Å². The third-order valence-corrected chi connectivity index (χ3v) is 7.00. The molecule has 2 aromatic heterocycles. The monoisotopic (exact) mass is 572 g/mol. The van der Waals surface area contributed by atoms with E-state index in [1.165, 1.54) is 22.9 Å². The Morgan fingerprint density at radius 2 is 1.53 bits per heavy atom. The van der Waals surface area contributed by atoms with Gasteiger partial charge in [-0.1, -0.05) is 13.0 Å². The number of amides is 1. The summed E-state index contributed by atoms with van der Waals surface area (Å²) in [4.78, 5) is 40.6. The molecule has 4 rings (SSSR count). The number of imidazole rings is 1. The zero-order chi connectivity index (χ0) is 28.9. The van der Waals surface area contributed by atoms with Gasteiger partial charge in [-0.15, -0.1) is 11.3 Å². The number of likely N-dealkylation sites (tertiary alicyclic amines) is 1. The Kier molecular flexibility index (Phi) is 9.94. The summed E-state index contributed by atoms with van der Waals surface area (Å²) in [6, 6.07) is 3.87. The van der Waals surface area contributed by atoms with Gasteiger partial charge in [-0.05, 0) is 37.8 Å². The van der Waals surface area contributed by atoms with Crippen molar-refractivity contribution in [2.45, 2.75) is 51.1 Å². The number of aromatic nitrogens is 2. The highest BCUT2D eigenvalue weighted by Gasteiger charge is 2.47. The van der Waals surface area contributed by atoms with Crippen LogP contribution in [0.1, 0.15) is 41.0 Å². The summed E-state index contributed by atoms with van der Waals surface area (Å²) < 4.78 is 65.9. The van der Waals surface area contributed by atoms with Crippen molar-refractivity contribution in [1.82, 2.24) is 19.4 Å². The highest BCUT2D eigenvalue weighted by molar-refractivity contribution is 7.12. The fourth-order valence-electron chi connectivity index (χ4n) is 4.33. The smallest absolute Gasteiger partial charge is 0.475 e. The second-order valence-electron chi connectivity index (χ2n) is 8.36. The molecule has 2 N–H and O–H groups in total. The maximum atomic E-state index is 12.6. The zero-order valence-corrected chi connectivity index (χ0v) is 21.2. The molecule has 0 bridgehead atoms. The molecule has 0 unspecified atom stereocenters. The van der Waals surface area contributed by atoms with Crippen molar-refractivity contribution in [2.75, 3.05) is 26.2 Å². The third kappa shape index (κ3) is 7.24. The van der Waals surface area contributed by atoms with E-state index in [4.69, 9.17) is 24.8 Å². The standard InChI is InChI=1S/C18H24N4OS.2C2HF3O2/c1-3-21-10-11-22-14(2)13-19-17(22)18(21)6-8-20(9-7-18)16(23)15-5-4-12-24-15;2*3-2(4,5)1(6)7/h4-5,12-13H,3,6-11H2,1-2H3;2*(H,6,7). The number of carboxylic acids is 2. The third-order valence-electron chi connectivity index (χ3n) is 6.15. The number of halogens is 6. The van der Waals surface area contributed by atoms with Crippen LogP contribution in [0.3, 0.4) is 0 Å². The lowest BCUT2D eigenvalue weighted by molar-refractivity contribution is -0.193. The van der Waals surface area contributed by atoms with Crippen LogP contribution in [-0.4, -0.2) is 85.9 Å². The Hall–Kier alpha value is -3.14. The van der Waals surface area contributed by atoms with Crippen molar-refractivity contribution >= 4 is 29.2 Å². The molecule has 2 aliphatic rings. The van der Waals surface area contributed by atoms with Gasteiger partial charge in [0.2, 0.25) is 0 Å². The molecular weight excluding hydrogens is 546 g/mol. The predicted molar refractivity (Wildman–Crippen MR) is 123 cm³/mol. The molecule has 2 aliphatic heterocycles. The van der Waals surface area contributed by atoms with Gasteiger partial charge in [0.15, 0.2) is 0 Å². The molecule has 16 heteroatoms. The fourth-order valence-corrected chi connectivity index (χ4v) is 5.02. The molecular formula is C22H26F6N4O5S. The van der Waals surface area contributed by atoms with Gasteiger partial charge in [0, 0.05) is 38.1 Å². The van der Waals surface area contributed by atoms with Gasteiger partial charge in [0.1, 0.15) is 5.82 Å². The summed E-state index contributed by atoms with van der Waals surface area (Å²) in [5, 5.41) is 16.2. The average Bonchev–Trinajstić information content (AvgIpc) is 3.50. The highest BCUT2D eigenvalue weighted by atomic mass is 32.1. The second kappa shape index (κ2) is 12.1. The van der Waals surface area contributed by atoms with Crippen LogP contribution in [-0.2, 0) is 21.7 Å². The Morgan fingerprint density at radius 3 is 1.95 bits per heavy atom. The molecule has 38 heavy (non-hydrogen) atoms. The maximum Gasteiger partial charge on any atom is 0.490 e. The number of alkyl halides is 6. The Balaban J connectivity index is 0.000000301. The lowest BCUT2D eigenvalue weighted by atomic mass is 9.83. The Labute approximate surface area is 217 Å². The molecule has 4 heterocycles. The number of rotatable bonds is 2. The summed E-state index contributed by atoms with van der Waals surface area (Å²) >= 11 is 1.53. The number of hydrogen-bond donors (Lipinski definition) is 2. The SMILES string of the molecule is CCN1CCn2c(C)cnc2C12CCN(C(=O)c1cccs1)CC2.O=C(O)C(F)(F)F.O=C(O)C(F)(F)F. The highest BCUT2D eigenvalue weighted by Crippen LogP contribution is 2.41. The van der Waals surface area contributed by atoms with E-state index in [9.17, 15) is 31.1 Å². The van der Waals surface area contributed by atoms with E-state index in [1.54, 1.807) is 0 Å². The molecule has 1 saturated heterocycles. The molecule has 9 nitrogen and oxygen atoms in total. The number of hydrogen-bond acceptors (Lipinski definition) is 6. The van der Waals surface area contributed by atoms with Gasteiger partial charge in [-0.2, -0.15) is 26.3 Å². The molecule has 0 aromatic carbocycles. The van der Waals surface area contributed by atoms with Crippen LogP contribution in [0.5, 0.6) is 0 Å². The average molecular weight is 573 g/mol. The summed E-state index contributed by atoms with van der Waals surface area (Å²) in [6.07, 6.45) is -6.23. The van der Waals surface area contributed by atoms with Gasteiger partial charge >= 0.3 is 24.3 Å². The van der Waals surface area contributed by atoms with Gasteiger partial charge < -0.3 is 19.7 Å². The first-order valence-electron chi connectivity index (χ1n) is 11.2. The normalized spacial score (nSPS) is 17.0. The maximum absolute atomic E-state index is 12.6. The lowest BCUT2D eigenvalue weighted by Crippen LogP contribution is -2.58. The van der Waals surface area contributed by atoms with E-state index in [0.717, 1.165) is 50.4 Å². The second-order valence-corrected chi connectivity index (χ2v) is 9.31. The quantitative estimate of drug-likeness (QED) is 0.523. The Morgan fingerprint density at radius 1 is 1.00 bits per heavy atom. The topological polar surface area (TPSA) is 116 Å². The van der Waals surface area contributed by atoms with E-state index in [-0.39, 0.29) is 11.4 Å². The molecule has 2 aromatic rings. The minimum absolute atomic E-state index is 0.00646. The number of fused-ring (bicyclic) bond motifs is 2. The number of nitrogens with zero attached hydrogens (tertiary/aromatic N) is 4. The first-order valence-corrected chi connectivity index (χ1v) is 12.1. The molecule has 1 amide bonds. The van der Waals surface area contributed by atoms with Gasteiger partial charge in [0.25, 0.3) is 5.91 Å². The molecule has 0 atom stereocenters. The van der Waals surface area contributed by atoms with Crippen LogP contribution >= 0.6 is 11.3 Å². The number of carboxylic acid groups (broad SMARTS) is 2. The zero-order valence-electron chi connectivity index (χ0n) is 20.3. The Bertz CT molecular complexity index is 1080. The van der Waals surface area contributed by atoms with E-state index in [0.29, 0.717) is 0 Å². The van der Waals surface area contributed by atoms with Gasteiger partial charge in [0.05, 0.1) is 10.4 Å². The summed E-state index contributed by atoms with van der Waals surface area (Å²) in [5.74, 6) is -4.13. The van der Waals surface area contributed by atoms with E-state index >= 15 is 0 Å². The van der Waals surface area contributed by atoms with Crippen LogP contribution < -0.4 is 0 Å². The van der Waals surface area contributed by atoms with Crippen LogP contribution in [0.4, 0.5) is 26.3 Å². The minimum Gasteiger partial charge on any atom is -0.475 e. The number of thiophene rings is 1. The number of piperidine rings is 1. The molecule has 1 fully saturated rings.